The Morgan fingerprint density at radius 3 is 3.06 bits per heavy atom. The number of aromatic nitrogens is 2. The molecule has 2 heterocycles. The van der Waals surface area contributed by atoms with E-state index in [1.165, 1.54) is 12.5 Å². The summed E-state index contributed by atoms with van der Waals surface area (Å²) in [6, 6.07) is 5.04. The van der Waals surface area contributed by atoms with E-state index in [9.17, 15) is 4.39 Å². The second-order valence-corrected chi connectivity index (χ2v) is 6.00. The molecule has 1 unspecified atom stereocenters. The molecule has 1 N–H and O–H groups in total. The molecule has 84 valence electrons. The highest BCUT2D eigenvalue weighted by molar-refractivity contribution is 8.00. The summed E-state index contributed by atoms with van der Waals surface area (Å²) in [5, 5.41) is 0. The summed E-state index contributed by atoms with van der Waals surface area (Å²) in [5.74, 6) is 1.83. The van der Waals surface area contributed by atoms with Crippen LogP contribution in [0.4, 0.5) is 4.39 Å². The standard InChI is InChI=1S/C12H13FN2S/c1-12(6-3-7-16-12)11-14-9-5-2-4-8(13)10(9)15-11/h2,4-5H,3,6-7H2,1H3,(H,14,15). The van der Waals surface area contributed by atoms with Gasteiger partial charge in [-0.1, -0.05) is 6.07 Å². The van der Waals surface area contributed by atoms with Gasteiger partial charge in [-0.25, -0.2) is 9.37 Å². The van der Waals surface area contributed by atoms with Crippen LogP contribution in [0.15, 0.2) is 18.2 Å². The molecule has 0 amide bonds. The number of rotatable bonds is 1. The van der Waals surface area contributed by atoms with Gasteiger partial charge in [-0.15, -0.1) is 11.8 Å². The minimum absolute atomic E-state index is 0.0332. The van der Waals surface area contributed by atoms with Crippen molar-refractivity contribution < 1.29 is 4.39 Å². The van der Waals surface area contributed by atoms with Crippen molar-refractivity contribution in [2.24, 2.45) is 0 Å². The number of imidazole rings is 1. The average molecular weight is 236 g/mol. The summed E-state index contributed by atoms with van der Waals surface area (Å²) < 4.78 is 13.6. The molecule has 4 heteroatoms. The van der Waals surface area contributed by atoms with E-state index >= 15 is 0 Å². The summed E-state index contributed by atoms with van der Waals surface area (Å²) in [7, 11) is 0. The SMILES string of the molecule is CC1(c2nc3c(F)cccc3[nH]2)CCCS1. The Kier molecular flexibility index (Phi) is 2.21. The number of hydrogen-bond donors (Lipinski definition) is 1. The third-order valence-corrected chi connectivity index (χ3v) is 4.71. The summed E-state index contributed by atoms with van der Waals surface area (Å²) in [6.07, 6.45) is 2.32. The van der Waals surface area contributed by atoms with Crippen molar-refractivity contribution in [2.75, 3.05) is 5.75 Å². The molecule has 1 aromatic heterocycles. The maximum Gasteiger partial charge on any atom is 0.151 e. The number of para-hydroxylation sites is 1. The molecule has 1 aliphatic heterocycles. The van der Waals surface area contributed by atoms with E-state index in [0.717, 1.165) is 23.5 Å². The van der Waals surface area contributed by atoms with Crippen molar-refractivity contribution in [1.29, 1.82) is 0 Å². The van der Waals surface area contributed by atoms with Crippen molar-refractivity contribution in [3.63, 3.8) is 0 Å². The van der Waals surface area contributed by atoms with Crippen molar-refractivity contribution in [3.05, 3.63) is 29.8 Å². The smallest absolute Gasteiger partial charge is 0.151 e. The zero-order chi connectivity index (χ0) is 11.2. The quantitative estimate of drug-likeness (QED) is 0.821. The van der Waals surface area contributed by atoms with Crippen LogP contribution >= 0.6 is 11.8 Å². The van der Waals surface area contributed by atoms with Gasteiger partial charge in [-0.05, 0) is 37.7 Å². The number of aromatic amines is 1. The predicted molar refractivity (Wildman–Crippen MR) is 65.1 cm³/mol. The lowest BCUT2D eigenvalue weighted by molar-refractivity contribution is 0.610. The molecular formula is C12H13FN2S. The van der Waals surface area contributed by atoms with Gasteiger partial charge in [-0.2, -0.15) is 0 Å². The number of halogens is 1. The third-order valence-electron chi connectivity index (χ3n) is 3.18. The van der Waals surface area contributed by atoms with Crippen LogP contribution in [0.3, 0.4) is 0 Å². The van der Waals surface area contributed by atoms with Crippen LogP contribution in [-0.2, 0) is 4.75 Å². The molecule has 0 aliphatic carbocycles. The van der Waals surface area contributed by atoms with Crippen molar-refractivity contribution in [3.8, 4) is 0 Å². The highest BCUT2D eigenvalue weighted by Crippen LogP contribution is 2.45. The van der Waals surface area contributed by atoms with Gasteiger partial charge < -0.3 is 4.98 Å². The molecule has 3 rings (SSSR count). The zero-order valence-electron chi connectivity index (χ0n) is 9.09. The summed E-state index contributed by atoms with van der Waals surface area (Å²) >= 11 is 1.90. The summed E-state index contributed by atoms with van der Waals surface area (Å²) in [6.45, 7) is 2.18. The highest BCUT2D eigenvalue weighted by Gasteiger charge is 2.34. The van der Waals surface area contributed by atoms with Crippen LogP contribution in [0.1, 0.15) is 25.6 Å². The first-order chi connectivity index (χ1) is 7.69. The average Bonchev–Trinajstić information content (AvgIpc) is 2.85. The van der Waals surface area contributed by atoms with E-state index in [0.29, 0.717) is 5.52 Å². The lowest BCUT2D eigenvalue weighted by Gasteiger charge is -2.18. The van der Waals surface area contributed by atoms with Crippen LogP contribution in [-0.4, -0.2) is 15.7 Å². The van der Waals surface area contributed by atoms with E-state index in [2.05, 4.69) is 16.9 Å². The summed E-state index contributed by atoms with van der Waals surface area (Å²) in [4.78, 5) is 7.66. The largest absolute Gasteiger partial charge is 0.341 e. The molecule has 2 nitrogen and oxygen atoms in total. The molecule has 1 fully saturated rings. The second-order valence-electron chi connectivity index (χ2n) is 4.40. The first kappa shape index (κ1) is 10.1. The number of nitrogens with one attached hydrogen (secondary N) is 1. The molecule has 1 atom stereocenters. The van der Waals surface area contributed by atoms with Crippen molar-refractivity contribution >= 4 is 22.8 Å². The lowest BCUT2D eigenvalue weighted by atomic mass is 10.1. The van der Waals surface area contributed by atoms with Crippen molar-refractivity contribution in [2.45, 2.75) is 24.5 Å². The topological polar surface area (TPSA) is 28.7 Å². The Bertz CT molecular complexity index is 529. The van der Waals surface area contributed by atoms with Gasteiger partial charge in [0.25, 0.3) is 0 Å². The fraction of sp³-hybridized carbons (Fsp3) is 0.417. The van der Waals surface area contributed by atoms with Crippen LogP contribution in [0.2, 0.25) is 0 Å². The Morgan fingerprint density at radius 1 is 1.50 bits per heavy atom. The van der Waals surface area contributed by atoms with Gasteiger partial charge in [0.1, 0.15) is 11.3 Å². The number of thioether (sulfide) groups is 1. The highest BCUT2D eigenvalue weighted by atomic mass is 32.2. The van der Waals surface area contributed by atoms with Gasteiger partial charge in [-0.3, -0.25) is 0 Å². The molecule has 1 saturated heterocycles. The Hall–Kier alpha value is -1.03. The predicted octanol–water partition coefficient (Wildman–Crippen LogP) is 3.44. The molecule has 1 aromatic carbocycles. The van der Waals surface area contributed by atoms with E-state index in [-0.39, 0.29) is 10.6 Å². The lowest BCUT2D eigenvalue weighted by Crippen LogP contribution is -2.14. The first-order valence-corrected chi connectivity index (χ1v) is 6.46. The molecular weight excluding hydrogens is 223 g/mol. The van der Waals surface area contributed by atoms with E-state index in [4.69, 9.17) is 0 Å². The number of hydrogen-bond acceptors (Lipinski definition) is 2. The maximum atomic E-state index is 13.5. The summed E-state index contributed by atoms with van der Waals surface area (Å²) in [5.41, 5.74) is 1.26. The second kappa shape index (κ2) is 3.48. The van der Waals surface area contributed by atoms with Crippen LogP contribution in [0.25, 0.3) is 11.0 Å². The minimum atomic E-state index is -0.244. The maximum absolute atomic E-state index is 13.5. The van der Waals surface area contributed by atoms with Gasteiger partial charge in [0.05, 0.1) is 10.3 Å². The van der Waals surface area contributed by atoms with Gasteiger partial charge >= 0.3 is 0 Å². The van der Waals surface area contributed by atoms with Crippen LogP contribution in [0, 0.1) is 5.82 Å². The van der Waals surface area contributed by atoms with Gasteiger partial charge in [0.15, 0.2) is 5.82 Å². The zero-order valence-corrected chi connectivity index (χ0v) is 9.90. The van der Waals surface area contributed by atoms with E-state index in [1.54, 1.807) is 6.07 Å². The van der Waals surface area contributed by atoms with Gasteiger partial charge in [0.2, 0.25) is 0 Å². The fourth-order valence-corrected chi connectivity index (χ4v) is 3.47. The van der Waals surface area contributed by atoms with Crippen LogP contribution < -0.4 is 0 Å². The van der Waals surface area contributed by atoms with E-state index in [1.807, 2.05) is 17.8 Å². The normalized spacial score (nSPS) is 25.4. The number of nitrogens with zero attached hydrogens (tertiary/aromatic N) is 1. The monoisotopic (exact) mass is 236 g/mol. The molecule has 16 heavy (non-hydrogen) atoms. The Balaban J connectivity index is 2.15. The molecule has 0 spiro atoms. The molecule has 0 saturated carbocycles. The molecule has 0 radical (unpaired) electrons. The third kappa shape index (κ3) is 1.44. The molecule has 2 aromatic rings. The van der Waals surface area contributed by atoms with Crippen LogP contribution in [0.5, 0.6) is 0 Å². The van der Waals surface area contributed by atoms with E-state index < -0.39 is 0 Å². The van der Waals surface area contributed by atoms with Gasteiger partial charge in [0, 0.05) is 0 Å². The molecule has 0 bridgehead atoms. The number of H-pyrrole nitrogens is 1. The first-order valence-electron chi connectivity index (χ1n) is 5.48. The Morgan fingerprint density at radius 2 is 2.38 bits per heavy atom. The Labute approximate surface area is 97.6 Å². The minimum Gasteiger partial charge on any atom is -0.341 e. The molecule has 1 aliphatic rings. The number of benzene rings is 1. The fourth-order valence-electron chi connectivity index (χ4n) is 2.21. The number of fused-ring (bicyclic) bond motifs is 1. The van der Waals surface area contributed by atoms with Crippen molar-refractivity contribution in [1.82, 2.24) is 9.97 Å².